The molecule has 0 saturated heterocycles. The van der Waals surface area contributed by atoms with Gasteiger partial charge >= 0.3 is 5.97 Å². The zero-order valence-corrected chi connectivity index (χ0v) is 19.1. The van der Waals surface area contributed by atoms with Crippen LogP contribution in [-0.2, 0) is 6.61 Å². The molecule has 34 heavy (non-hydrogen) atoms. The second-order valence-corrected chi connectivity index (χ2v) is 8.47. The number of carboxylic acids is 1. The van der Waals surface area contributed by atoms with Crippen LogP contribution in [0.1, 0.15) is 16.1 Å². The SMILES string of the molecule is O=C(O)c1cc(Br)cc2c(=O)c(O)c(-c3ccc(OCc4ccc5ccccc5n4)cc3)oc12. The predicted molar refractivity (Wildman–Crippen MR) is 130 cm³/mol. The van der Waals surface area contributed by atoms with Crippen molar-refractivity contribution in [1.82, 2.24) is 4.98 Å². The third-order valence-corrected chi connectivity index (χ3v) is 5.78. The maximum atomic E-state index is 12.7. The summed E-state index contributed by atoms with van der Waals surface area (Å²) in [5, 5.41) is 21.0. The number of fused-ring (bicyclic) bond motifs is 2. The first kappa shape index (κ1) is 21.7. The molecule has 5 aromatic rings. The van der Waals surface area contributed by atoms with Gasteiger partial charge < -0.3 is 19.4 Å². The quantitative estimate of drug-likeness (QED) is 0.305. The molecule has 8 heteroatoms. The first-order valence-corrected chi connectivity index (χ1v) is 11.0. The lowest BCUT2D eigenvalue weighted by Gasteiger charge is -2.10. The van der Waals surface area contributed by atoms with Gasteiger partial charge in [-0.25, -0.2) is 9.78 Å². The van der Waals surface area contributed by atoms with Crippen LogP contribution in [0.3, 0.4) is 0 Å². The second-order valence-electron chi connectivity index (χ2n) is 7.55. The van der Waals surface area contributed by atoms with Crippen LogP contribution in [0, 0.1) is 0 Å². The Morgan fingerprint density at radius 2 is 1.79 bits per heavy atom. The Labute approximate surface area is 201 Å². The zero-order valence-electron chi connectivity index (χ0n) is 17.5. The van der Waals surface area contributed by atoms with E-state index in [4.69, 9.17) is 9.15 Å². The van der Waals surface area contributed by atoms with Gasteiger partial charge in [0.2, 0.25) is 11.2 Å². The molecule has 0 aliphatic carbocycles. The lowest BCUT2D eigenvalue weighted by molar-refractivity contribution is 0.0697. The van der Waals surface area contributed by atoms with Crippen LogP contribution in [0.5, 0.6) is 11.5 Å². The summed E-state index contributed by atoms with van der Waals surface area (Å²) in [6.45, 7) is 0.261. The molecular weight excluding hydrogens is 502 g/mol. The first-order chi connectivity index (χ1) is 16.4. The van der Waals surface area contributed by atoms with Crippen LogP contribution < -0.4 is 10.2 Å². The molecule has 0 aliphatic heterocycles. The fraction of sp³-hybridized carbons (Fsp3) is 0.0385. The van der Waals surface area contributed by atoms with Crippen molar-refractivity contribution >= 4 is 43.8 Å². The van der Waals surface area contributed by atoms with Gasteiger partial charge in [0.25, 0.3) is 0 Å². The maximum Gasteiger partial charge on any atom is 0.339 e. The number of nitrogens with zero attached hydrogens (tertiary/aromatic N) is 1. The summed E-state index contributed by atoms with van der Waals surface area (Å²) in [5.74, 6) is -1.42. The van der Waals surface area contributed by atoms with Crippen LogP contribution in [0.4, 0.5) is 0 Å². The smallest absolute Gasteiger partial charge is 0.339 e. The standard InChI is InChI=1S/C26H16BrNO6/c27-16-11-19-22(29)23(30)24(34-25(19)20(12-16)26(31)32)15-6-9-18(10-7-15)33-13-17-8-5-14-3-1-2-4-21(14)28-17/h1-12,30H,13H2,(H,31,32). The Bertz CT molecular complexity index is 1630. The van der Waals surface area contributed by atoms with Crippen molar-refractivity contribution in [3.63, 3.8) is 0 Å². The Kier molecular flexibility index (Phi) is 5.51. The summed E-state index contributed by atoms with van der Waals surface area (Å²) < 4.78 is 11.9. The van der Waals surface area contributed by atoms with E-state index < -0.39 is 17.1 Å². The normalized spacial score (nSPS) is 11.1. The molecule has 5 rings (SSSR count). The van der Waals surface area contributed by atoms with Crippen molar-refractivity contribution in [2.75, 3.05) is 0 Å². The lowest BCUT2D eigenvalue weighted by atomic mass is 10.1. The van der Waals surface area contributed by atoms with Crippen LogP contribution in [0.25, 0.3) is 33.2 Å². The second kappa shape index (κ2) is 8.64. The molecule has 0 spiro atoms. The van der Waals surface area contributed by atoms with Gasteiger partial charge in [-0.1, -0.05) is 40.2 Å². The highest BCUT2D eigenvalue weighted by molar-refractivity contribution is 9.10. The van der Waals surface area contributed by atoms with Crippen LogP contribution >= 0.6 is 15.9 Å². The number of aromatic nitrogens is 1. The van der Waals surface area contributed by atoms with Crippen molar-refractivity contribution in [3.8, 4) is 22.8 Å². The summed E-state index contributed by atoms with van der Waals surface area (Å²) in [6, 6.07) is 21.0. The highest BCUT2D eigenvalue weighted by Crippen LogP contribution is 2.33. The van der Waals surface area contributed by atoms with Gasteiger partial charge in [0, 0.05) is 15.4 Å². The summed E-state index contributed by atoms with van der Waals surface area (Å²) in [7, 11) is 0. The van der Waals surface area contributed by atoms with E-state index >= 15 is 0 Å². The molecule has 2 heterocycles. The van der Waals surface area contributed by atoms with Crippen LogP contribution in [-0.4, -0.2) is 21.2 Å². The molecule has 0 radical (unpaired) electrons. The van der Waals surface area contributed by atoms with Crippen molar-refractivity contribution < 1.29 is 24.2 Å². The van der Waals surface area contributed by atoms with E-state index in [1.54, 1.807) is 24.3 Å². The Balaban J connectivity index is 1.44. The number of carboxylic acid groups (broad SMARTS) is 1. The number of aromatic carboxylic acids is 1. The summed E-state index contributed by atoms with van der Waals surface area (Å²) in [6.07, 6.45) is 0. The van der Waals surface area contributed by atoms with E-state index in [0.29, 0.717) is 15.8 Å². The molecule has 0 saturated carbocycles. The van der Waals surface area contributed by atoms with Crippen molar-refractivity contribution in [2.24, 2.45) is 0 Å². The Morgan fingerprint density at radius 3 is 2.56 bits per heavy atom. The number of aromatic hydroxyl groups is 1. The molecule has 2 N–H and O–H groups in total. The first-order valence-electron chi connectivity index (χ1n) is 10.2. The molecule has 0 bridgehead atoms. The van der Waals surface area contributed by atoms with E-state index in [1.165, 1.54) is 12.1 Å². The number of hydrogen-bond donors (Lipinski definition) is 2. The number of rotatable bonds is 5. The average Bonchev–Trinajstić information content (AvgIpc) is 2.85. The number of halogens is 1. The van der Waals surface area contributed by atoms with Crippen LogP contribution in [0.15, 0.2) is 86.5 Å². The highest BCUT2D eigenvalue weighted by atomic mass is 79.9. The topological polar surface area (TPSA) is 110 Å². The average molecular weight is 518 g/mol. The Hall–Kier alpha value is -4.17. The third kappa shape index (κ3) is 3.99. The van der Waals surface area contributed by atoms with E-state index in [0.717, 1.165) is 16.6 Å². The van der Waals surface area contributed by atoms with Gasteiger partial charge in [0.05, 0.1) is 16.6 Å². The predicted octanol–water partition coefficient (Wildman–Crippen LogP) is 5.75. The largest absolute Gasteiger partial charge is 0.502 e. The monoisotopic (exact) mass is 517 g/mol. The number of ether oxygens (including phenoxy) is 1. The van der Waals surface area contributed by atoms with E-state index in [1.807, 2.05) is 36.4 Å². The number of carbonyl (C=O) groups is 1. The van der Waals surface area contributed by atoms with Crippen LogP contribution in [0.2, 0.25) is 0 Å². The molecule has 2 aromatic heterocycles. The number of para-hydroxylation sites is 1. The molecule has 0 aliphatic rings. The summed E-state index contributed by atoms with van der Waals surface area (Å²) in [4.78, 5) is 28.9. The summed E-state index contributed by atoms with van der Waals surface area (Å²) in [5.41, 5.74) is 1.03. The molecule has 0 unspecified atom stereocenters. The zero-order chi connectivity index (χ0) is 23.8. The third-order valence-electron chi connectivity index (χ3n) is 5.32. The van der Waals surface area contributed by atoms with Crippen molar-refractivity contribution in [1.29, 1.82) is 0 Å². The minimum absolute atomic E-state index is 0.0316. The van der Waals surface area contributed by atoms with Gasteiger partial charge in [0.15, 0.2) is 11.3 Å². The fourth-order valence-electron chi connectivity index (χ4n) is 3.66. The van der Waals surface area contributed by atoms with Gasteiger partial charge in [-0.3, -0.25) is 4.79 Å². The van der Waals surface area contributed by atoms with E-state index in [9.17, 15) is 19.8 Å². The molecule has 0 atom stereocenters. The number of pyridine rings is 1. The Morgan fingerprint density at radius 1 is 1.03 bits per heavy atom. The van der Waals surface area contributed by atoms with Gasteiger partial charge in [-0.15, -0.1) is 0 Å². The van der Waals surface area contributed by atoms with E-state index in [-0.39, 0.29) is 28.9 Å². The number of hydrogen-bond acceptors (Lipinski definition) is 6. The van der Waals surface area contributed by atoms with Gasteiger partial charge in [-0.05, 0) is 48.5 Å². The molecule has 168 valence electrons. The number of benzene rings is 3. The molecule has 3 aromatic carbocycles. The van der Waals surface area contributed by atoms with E-state index in [2.05, 4.69) is 20.9 Å². The molecule has 7 nitrogen and oxygen atoms in total. The minimum Gasteiger partial charge on any atom is -0.502 e. The molecular formula is C26H16BrNO6. The lowest BCUT2D eigenvalue weighted by Crippen LogP contribution is -2.06. The van der Waals surface area contributed by atoms with Crippen molar-refractivity contribution in [2.45, 2.75) is 6.61 Å². The van der Waals surface area contributed by atoms with Crippen molar-refractivity contribution in [3.05, 3.63) is 98.7 Å². The summed E-state index contributed by atoms with van der Waals surface area (Å²) >= 11 is 3.18. The highest BCUT2D eigenvalue weighted by Gasteiger charge is 2.21. The minimum atomic E-state index is -1.25. The fourth-order valence-corrected chi connectivity index (χ4v) is 4.11. The van der Waals surface area contributed by atoms with Gasteiger partial charge in [0.1, 0.15) is 17.9 Å². The molecule has 0 amide bonds. The maximum absolute atomic E-state index is 12.7. The van der Waals surface area contributed by atoms with Gasteiger partial charge in [-0.2, -0.15) is 0 Å². The molecule has 0 fully saturated rings.